The highest BCUT2D eigenvalue weighted by Gasteiger charge is 2.17. The van der Waals surface area contributed by atoms with Gasteiger partial charge >= 0.3 is 0 Å². The number of carbonyl (C=O) groups is 1. The average Bonchev–Trinajstić information content (AvgIpc) is 2.84. The molecule has 0 radical (unpaired) electrons. The molecular formula is C10H12BrNOS2. The van der Waals surface area contributed by atoms with E-state index in [1.807, 2.05) is 23.2 Å². The lowest BCUT2D eigenvalue weighted by Gasteiger charge is -2.09. The minimum atomic E-state index is 0.0457. The van der Waals surface area contributed by atoms with Crippen molar-refractivity contribution in [3.8, 4) is 0 Å². The highest BCUT2D eigenvalue weighted by Crippen LogP contribution is 2.26. The first-order valence-electron chi connectivity index (χ1n) is 4.90. The monoisotopic (exact) mass is 305 g/mol. The summed E-state index contributed by atoms with van der Waals surface area (Å²) in [6.07, 6.45) is 2.52. The second-order valence-corrected chi connectivity index (χ2v) is 6.62. The van der Waals surface area contributed by atoms with Crippen LogP contribution in [0.2, 0.25) is 0 Å². The van der Waals surface area contributed by atoms with Gasteiger partial charge in [-0.2, -0.15) is 11.8 Å². The van der Waals surface area contributed by atoms with E-state index < -0.39 is 0 Å². The molecule has 1 fully saturated rings. The number of nitrogens with one attached hydrogen (secondary N) is 1. The van der Waals surface area contributed by atoms with Gasteiger partial charge in [0.2, 0.25) is 0 Å². The smallest absolute Gasteiger partial charge is 0.262 e. The van der Waals surface area contributed by atoms with Gasteiger partial charge in [0.25, 0.3) is 5.91 Å². The third-order valence-electron chi connectivity index (χ3n) is 2.34. The Bertz CT molecular complexity index is 347. The Morgan fingerprint density at radius 3 is 3.13 bits per heavy atom. The summed E-state index contributed by atoms with van der Waals surface area (Å²) < 4.78 is 0.893. The van der Waals surface area contributed by atoms with E-state index in [2.05, 4.69) is 21.2 Å². The summed E-state index contributed by atoms with van der Waals surface area (Å²) in [5, 5.41) is 5.53. The number of hydrogen-bond donors (Lipinski definition) is 1. The van der Waals surface area contributed by atoms with Crippen LogP contribution in [0.15, 0.2) is 15.9 Å². The maximum absolute atomic E-state index is 11.7. The van der Waals surface area contributed by atoms with Crippen molar-refractivity contribution in [1.29, 1.82) is 0 Å². The van der Waals surface area contributed by atoms with E-state index in [4.69, 9.17) is 0 Å². The van der Waals surface area contributed by atoms with Gasteiger partial charge in [0.1, 0.15) is 4.88 Å². The lowest BCUT2D eigenvalue weighted by molar-refractivity contribution is 0.0957. The van der Waals surface area contributed by atoms with Crippen molar-refractivity contribution in [2.45, 2.75) is 18.1 Å². The Balaban J connectivity index is 1.84. The molecule has 0 aromatic carbocycles. The molecule has 2 nitrogen and oxygen atoms in total. The molecule has 15 heavy (non-hydrogen) atoms. The summed E-state index contributed by atoms with van der Waals surface area (Å²) in [5.74, 6) is 1.29. The van der Waals surface area contributed by atoms with Crippen LogP contribution in [0.5, 0.6) is 0 Å². The number of halogens is 1. The predicted molar refractivity (Wildman–Crippen MR) is 69.8 cm³/mol. The molecule has 1 aromatic rings. The van der Waals surface area contributed by atoms with Gasteiger partial charge in [-0.15, -0.1) is 11.3 Å². The SMILES string of the molecule is O=C(NC[C@@H]1CCCS1)c1sccc1Br. The van der Waals surface area contributed by atoms with E-state index in [-0.39, 0.29) is 5.91 Å². The normalized spacial score (nSPS) is 20.5. The molecule has 1 amide bonds. The zero-order chi connectivity index (χ0) is 10.7. The summed E-state index contributed by atoms with van der Waals surface area (Å²) in [6, 6.07) is 1.91. The molecule has 82 valence electrons. The van der Waals surface area contributed by atoms with Crippen LogP contribution in [0.3, 0.4) is 0 Å². The molecule has 1 aromatic heterocycles. The van der Waals surface area contributed by atoms with Crippen LogP contribution in [0.4, 0.5) is 0 Å². The van der Waals surface area contributed by atoms with Gasteiger partial charge in [-0.3, -0.25) is 4.79 Å². The fourth-order valence-electron chi connectivity index (χ4n) is 1.55. The standard InChI is InChI=1S/C10H12BrNOS2/c11-8-3-5-15-9(8)10(13)12-6-7-2-1-4-14-7/h3,5,7H,1-2,4,6H2,(H,12,13)/t7-/m0/s1. The second kappa shape index (κ2) is 5.37. The van der Waals surface area contributed by atoms with Crippen LogP contribution < -0.4 is 5.32 Å². The number of thioether (sulfide) groups is 1. The Kier molecular flexibility index (Phi) is 4.11. The fourth-order valence-corrected chi connectivity index (χ4v) is 4.22. The number of amides is 1. The lowest BCUT2D eigenvalue weighted by atomic mass is 10.2. The fraction of sp³-hybridized carbons (Fsp3) is 0.500. The quantitative estimate of drug-likeness (QED) is 0.929. The van der Waals surface area contributed by atoms with Crippen molar-refractivity contribution in [3.63, 3.8) is 0 Å². The molecular weight excluding hydrogens is 294 g/mol. The Labute approximate surface area is 106 Å². The van der Waals surface area contributed by atoms with Crippen LogP contribution in [0.25, 0.3) is 0 Å². The van der Waals surface area contributed by atoms with Crippen LogP contribution in [-0.2, 0) is 0 Å². The van der Waals surface area contributed by atoms with Crippen molar-refractivity contribution in [3.05, 3.63) is 20.8 Å². The zero-order valence-corrected chi connectivity index (χ0v) is 11.4. The molecule has 5 heteroatoms. The lowest BCUT2D eigenvalue weighted by Crippen LogP contribution is -2.29. The van der Waals surface area contributed by atoms with Gasteiger partial charge in [0, 0.05) is 16.3 Å². The number of thiophene rings is 1. The van der Waals surface area contributed by atoms with Crippen molar-refractivity contribution >= 4 is 44.9 Å². The summed E-state index contributed by atoms with van der Waals surface area (Å²) >= 11 is 6.80. The van der Waals surface area contributed by atoms with Crippen LogP contribution in [0.1, 0.15) is 22.5 Å². The maximum Gasteiger partial charge on any atom is 0.262 e. The third kappa shape index (κ3) is 2.98. The molecule has 2 heterocycles. The molecule has 1 saturated heterocycles. The minimum absolute atomic E-state index is 0.0457. The van der Waals surface area contributed by atoms with E-state index in [1.54, 1.807) is 0 Å². The molecule has 0 spiro atoms. The van der Waals surface area contributed by atoms with Gasteiger partial charge in [-0.25, -0.2) is 0 Å². The summed E-state index contributed by atoms with van der Waals surface area (Å²) in [7, 11) is 0. The third-order valence-corrected chi connectivity index (χ3v) is 5.57. The highest BCUT2D eigenvalue weighted by molar-refractivity contribution is 9.10. The largest absolute Gasteiger partial charge is 0.350 e. The van der Waals surface area contributed by atoms with Crippen LogP contribution in [0, 0.1) is 0 Å². The number of hydrogen-bond acceptors (Lipinski definition) is 3. The Morgan fingerprint density at radius 1 is 1.67 bits per heavy atom. The molecule has 0 saturated carbocycles. The molecule has 0 aliphatic carbocycles. The molecule has 1 atom stereocenters. The van der Waals surface area contributed by atoms with Gasteiger partial charge < -0.3 is 5.32 Å². The molecule has 1 aliphatic heterocycles. The summed E-state index contributed by atoms with van der Waals surface area (Å²) in [4.78, 5) is 12.5. The number of carbonyl (C=O) groups excluding carboxylic acids is 1. The minimum Gasteiger partial charge on any atom is -0.350 e. The maximum atomic E-state index is 11.7. The van der Waals surface area contributed by atoms with E-state index >= 15 is 0 Å². The van der Waals surface area contributed by atoms with Crippen molar-refractivity contribution in [1.82, 2.24) is 5.32 Å². The van der Waals surface area contributed by atoms with E-state index in [0.717, 1.165) is 15.9 Å². The molecule has 1 N–H and O–H groups in total. The van der Waals surface area contributed by atoms with Gasteiger partial charge in [0.05, 0.1) is 0 Å². The number of rotatable bonds is 3. The van der Waals surface area contributed by atoms with Crippen LogP contribution >= 0.6 is 39.0 Å². The predicted octanol–water partition coefficient (Wildman–Crippen LogP) is 3.14. The van der Waals surface area contributed by atoms with Gasteiger partial charge in [-0.05, 0) is 46.0 Å². The Morgan fingerprint density at radius 2 is 2.53 bits per heavy atom. The molecule has 1 aliphatic rings. The average molecular weight is 306 g/mol. The van der Waals surface area contributed by atoms with Crippen LogP contribution in [-0.4, -0.2) is 23.5 Å². The first kappa shape index (κ1) is 11.5. The first-order valence-corrected chi connectivity index (χ1v) is 7.62. The second-order valence-electron chi connectivity index (χ2n) is 3.44. The molecule has 2 rings (SSSR count). The summed E-state index contributed by atoms with van der Waals surface area (Å²) in [5.41, 5.74) is 0. The van der Waals surface area contributed by atoms with Gasteiger partial charge in [0.15, 0.2) is 0 Å². The van der Waals surface area contributed by atoms with E-state index in [9.17, 15) is 4.79 Å². The van der Waals surface area contributed by atoms with Gasteiger partial charge in [-0.1, -0.05) is 0 Å². The topological polar surface area (TPSA) is 29.1 Å². The van der Waals surface area contributed by atoms with Crippen molar-refractivity contribution in [2.75, 3.05) is 12.3 Å². The summed E-state index contributed by atoms with van der Waals surface area (Å²) in [6.45, 7) is 0.799. The zero-order valence-electron chi connectivity index (χ0n) is 8.16. The van der Waals surface area contributed by atoms with E-state index in [1.165, 1.54) is 29.9 Å². The highest BCUT2D eigenvalue weighted by atomic mass is 79.9. The van der Waals surface area contributed by atoms with E-state index in [0.29, 0.717) is 5.25 Å². The molecule has 0 unspecified atom stereocenters. The Hall–Kier alpha value is -0.000000000000000111. The first-order chi connectivity index (χ1) is 7.27. The van der Waals surface area contributed by atoms with Crippen molar-refractivity contribution < 1.29 is 4.79 Å². The molecule has 0 bridgehead atoms. The van der Waals surface area contributed by atoms with Crippen molar-refractivity contribution in [2.24, 2.45) is 0 Å².